The fourth-order valence-corrected chi connectivity index (χ4v) is 3.02. The molecule has 0 aliphatic carbocycles. The monoisotopic (exact) mass is 364 g/mol. The van der Waals surface area contributed by atoms with E-state index in [2.05, 4.69) is 9.72 Å². The highest BCUT2D eigenvalue weighted by Crippen LogP contribution is 2.34. The Kier molecular flexibility index (Phi) is 5.21. The molecule has 0 saturated carbocycles. The van der Waals surface area contributed by atoms with Crippen LogP contribution >= 0.6 is 0 Å². The quantitative estimate of drug-likeness (QED) is 0.687. The molecule has 9 heteroatoms. The van der Waals surface area contributed by atoms with Crippen LogP contribution in [0.25, 0.3) is 0 Å². The van der Waals surface area contributed by atoms with Gasteiger partial charge in [-0.15, -0.1) is 0 Å². The minimum Gasteiger partial charge on any atom is -0.463 e. The first kappa shape index (κ1) is 18.3. The van der Waals surface area contributed by atoms with Crippen LogP contribution in [0.2, 0.25) is 0 Å². The largest absolute Gasteiger partial charge is 0.463 e. The molecule has 3 heterocycles. The summed E-state index contributed by atoms with van der Waals surface area (Å²) in [7, 11) is 2.81. The first-order valence-electron chi connectivity index (χ1n) is 8.07. The van der Waals surface area contributed by atoms with Gasteiger partial charge in [-0.3, -0.25) is 9.78 Å². The third-order valence-corrected chi connectivity index (χ3v) is 4.48. The van der Waals surface area contributed by atoms with Crippen LogP contribution in [-0.2, 0) is 23.8 Å². The van der Waals surface area contributed by atoms with E-state index < -0.39 is 30.6 Å². The molecule has 1 saturated heterocycles. The lowest BCUT2D eigenvalue weighted by Crippen LogP contribution is -2.46. The Morgan fingerprint density at radius 2 is 2.19 bits per heavy atom. The van der Waals surface area contributed by atoms with E-state index >= 15 is 0 Å². The zero-order valence-electron chi connectivity index (χ0n) is 14.3. The molecule has 2 aliphatic heterocycles. The van der Waals surface area contributed by atoms with E-state index in [4.69, 9.17) is 9.47 Å². The van der Waals surface area contributed by atoms with Crippen LogP contribution in [0, 0.1) is 0 Å². The minimum absolute atomic E-state index is 0.234. The molecule has 0 aromatic carbocycles. The summed E-state index contributed by atoms with van der Waals surface area (Å²) in [5.41, 5.74) is 0.856. The van der Waals surface area contributed by atoms with Gasteiger partial charge in [0.25, 0.3) is 5.91 Å². The van der Waals surface area contributed by atoms with Crippen molar-refractivity contribution in [2.24, 2.45) is 0 Å². The first-order chi connectivity index (χ1) is 12.4. The Morgan fingerprint density at radius 1 is 1.42 bits per heavy atom. The number of aliphatic hydroxyl groups excluding tert-OH is 2. The van der Waals surface area contributed by atoms with Gasteiger partial charge in [0, 0.05) is 25.9 Å². The van der Waals surface area contributed by atoms with Crippen molar-refractivity contribution in [1.82, 2.24) is 9.88 Å². The summed E-state index contributed by atoms with van der Waals surface area (Å²) in [6.45, 7) is 0. The zero-order chi connectivity index (χ0) is 18.8. The Balaban J connectivity index is 1.73. The van der Waals surface area contributed by atoms with E-state index in [9.17, 15) is 19.8 Å². The SMILES string of the molecule is COC(=O)C1=CC(O)C(O)C(OC2CC(c3cccnc3)N(C)C2=O)O1. The molecule has 9 nitrogen and oxygen atoms in total. The number of carbonyl (C=O) groups is 2. The Hall–Kier alpha value is -2.49. The molecule has 3 rings (SSSR count). The molecule has 5 unspecified atom stereocenters. The van der Waals surface area contributed by atoms with Crippen LogP contribution in [0.5, 0.6) is 0 Å². The van der Waals surface area contributed by atoms with Crippen molar-refractivity contribution in [3.63, 3.8) is 0 Å². The molecule has 1 amide bonds. The second-order valence-electron chi connectivity index (χ2n) is 6.10. The second-order valence-corrected chi connectivity index (χ2v) is 6.10. The maximum absolute atomic E-state index is 12.5. The molecule has 5 atom stereocenters. The van der Waals surface area contributed by atoms with Gasteiger partial charge in [0.2, 0.25) is 12.0 Å². The second kappa shape index (κ2) is 7.40. The average Bonchev–Trinajstić information content (AvgIpc) is 2.93. The summed E-state index contributed by atoms with van der Waals surface area (Å²) in [5.74, 6) is -1.39. The number of ether oxygens (including phenoxy) is 3. The summed E-state index contributed by atoms with van der Waals surface area (Å²) in [6.07, 6.45) is -0.427. The molecule has 1 aromatic rings. The minimum atomic E-state index is -1.45. The average molecular weight is 364 g/mol. The van der Waals surface area contributed by atoms with Crippen LogP contribution < -0.4 is 0 Å². The van der Waals surface area contributed by atoms with E-state index in [1.54, 1.807) is 25.5 Å². The number of hydrogen-bond donors (Lipinski definition) is 2. The first-order valence-corrected chi connectivity index (χ1v) is 8.07. The number of nitrogens with zero attached hydrogens (tertiary/aromatic N) is 2. The van der Waals surface area contributed by atoms with E-state index in [1.165, 1.54) is 4.90 Å². The van der Waals surface area contributed by atoms with Crippen LogP contribution in [0.15, 0.2) is 36.4 Å². The summed E-state index contributed by atoms with van der Waals surface area (Å²) < 4.78 is 15.4. The van der Waals surface area contributed by atoms with Crippen molar-refractivity contribution in [1.29, 1.82) is 0 Å². The van der Waals surface area contributed by atoms with E-state index in [0.717, 1.165) is 18.7 Å². The highest BCUT2D eigenvalue weighted by molar-refractivity contribution is 5.86. The number of rotatable bonds is 4. The topological polar surface area (TPSA) is 118 Å². The van der Waals surface area contributed by atoms with Crippen molar-refractivity contribution < 1.29 is 34.0 Å². The van der Waals surface area contributed by atoms with Crippen molar-refractivity contribution in [3.05, 3.63) is 41.9 Å². The van der Waals surface area contributed by atoms with Crippen molar-refractivity contribution >= 4 is 11.9 Å². The van der Waals surface area contributed by atoms with Crippen molar-refractivity contribution in [2.45, 2.75) is 37.1 Å². The van der Waals surface area contributed by atoms with Gasteiger partial charge in [0.05, 0.1) is 13.2 Å². The van der Waals surface area contributed by atoms with Crippen LogP contribution in [0.3, 0.4) is 0 Å². The van der Waals surface area contributed by atoms with Crippen molar-refractivity contribution in [3.8, 4) is 0 Å². The maximum atomic E-state index is 12.5. The summed E-state index contributed by atoms with van der Waals surface area (Å²) in [5, 5.41) is 20.0. The fraction of sp³-hybridized carbons (Fsp3) is 0.471. The van der Waals surface area contributed by atoms with E-state index in [-0.39, 0.29) is 17.7 Å². The molecule has 1 aromatic heterocycles. The number of methoxy groups -OCH3 is 1. The van der Waals surface area contributed by atoms with Gasteiger partial charge in [-0.1, -0.05) is 6.07 Å². The van der Waals surface area contributed by atoms with Crippen LogP contribution in [0.4, 0.5) is 0 Å². The number of esters is 1. The lowest BCUT2D eigenvalue weighted by atomic mass is 10.1. The van der Waals surface area contributed by atoms with Gasteiger partial charge in [-0.05, 0) is 17.7 Å². The zero-order valence-corrected chi connectivity index (χ0v) is 14.3. The molecule has 1 fully saturated rings. The summed E-state index contributed by atoms with van der Waals surface area (Å²) in [6, 6.07) is 3.40. The molecule has 2 aliphatic rings. The normalized spacial score (nSPS) is 31.4. The number of hydrogen-bond acceptors (Lipinski definition) is 8. The molecular weight excluding hydrogens is 344 g/mol. The Morgan fingerprint density at radius 3 is 2.85 bits per heavy atom. The molecule has 0 bridgehead atoms. The van der Waals surface area contributed by atoms with Gasteiger partial charge < -0.3 is 29.3 Å². The lowest BCUT2D eigenvalue weighted by molar-refractivity contribution is -0.223. The standard InChI is InChI=1S/C17H20N2O7/c1-19-10(9-4-3-5-18-8-9)6-12(15(19)22)25-17-14(21)11(20)7-13(26-17)16(23)24-2/h3-5,7-8,10-12,14,17,20-21H,6H2,1-2H3. The third kappa shape index (κ3) is 3.41. The molecular formula is C17H20N2O7. The van der Waals surface area contributed by atoms with Gasteiger partial charge in [-0.25, -0.2) is 4.79 Å². The predicted octanol–water partition coefficient (Wildman–Crippen LogP) is -0.495. The molecule has 140 valence electrons. The highest BCUT2D eigenvalue weighted by Gasteiger charge is 2.44. The fourth-order valence-electron chi connectivity index (χ4n) is 3.02. The predicted molar refractivity (Wildman–Crippen MR) is 86.2 cm³/mol. The van der Waals surface area contributed by atoms with Crippen molar-refractivity contribution in [2.75, 3.05) is 14.2 Å². The summed E-state index contributed by atoms with van der Waals surface area (Å²) in [4.78, 5) is 29.7. The van der Waals surface area contributed by atoms with Gasteiger partial charge >= 0.3 is 5.97 Å². The lowest BCUT2D eigenvalue weighted by Gasteiger charge is -2.32. The molecule has 0 spiro atoms. The Bertz CT molecular complexity index is 708. The van der Waals surface area contributed by atoms with E-state index in [1.807, 2.05) is 6.07 Å². The number of aromatic nitrogens is 1. The van der Waals surface area contributed by atoms with Crippen LogP contribution in [-0.4, -0.2) is 70.7 Å². The number of likely N-dealkylation sites (N-methyl/N-ethyl adjacent to an activating group) is 1. The maximum Gasteiger partial charge on any atom is 0.373 e. The van der Waals surface area contributed by atoms with E-state index in [0.29, 0.717) is 6.42 Å². The third-order valence-electron chi connectivity index (χ3n) is 4.48. The highest BCUT2D eigenvalue weighted by atomic mass is 16.7. The van der Waals surface area contributed by atoms with Gasteiger partial charge in [0.15, 0.2) is 0 Å². The van der Waals surface area contributed by atoms with Gasteiger partial charge in [-0.2, -0.15) is 0 Å². The number of amides is 1. The van der Waals surface area contributed by atoms with Crippen LogP contribution in [0.1, 0.15) is 18.0 Å². The number of carbonyl (C=O) groups excluding carboxylic acids is 2. The smallest absolute Gasteiger partial charge is 0.373 e. The molecule has 26 heavy (non-hydrogen) atoms. The number of likely N-dealkylation sites (tertiary alicyclic amines) is 1. The molecule has 0 radical (unpaired) electrons. The summed E-state index contributed by atoms with van der Waals surface area (Å²) >= 11 is 0. The number of aliphatic hydroxyl groups is 2. The Labute approximate surface area is 149 Å². The number of pyridine rings is 1. The van der Waals surface area contributed by atoms with Gasteiger partial charge in [0.1, 0.15) is 18.3 Å². The molecule has 2 N–H and O–H groups in total.